The highest BCUT2D eigenvalue weighted by atomic mass is 28.4. The molecule has 1 amide bonds. The van der Waals surface area contributed by atoms with Crippen LogP contribution in [0.1, 0.15) is 27.6 Å². The maximum atomic E-state index is 12.5. The second-order valence-electron chi connectivity index (χ2n) is 15.9. The Morgan fingerprint density at radius 3 is 1.21 bits per heavy atom. The zero-order valence-corrected chi connectivity index (χ0v) is 40.9. The summed E-state index contributed by atoms with van der Waals surface area (Å²) in [5.74, 6) is -0.439. The van der Waals surface area contributed by atoms with E-state index in [0.717, 1.165) is 15.3 Å². The summed E-state index contributed by atoms with van der Waals surface area (Å²) in [6.07, 6.45) is -7.59. The number of aromatic carboxylic acids is 1. The third-order valence-corrected chi connectivity index (χ3v) is 18.0. The van der Waals surface area contributed by atoms with E-state index in [1.165, 1.54) is 41.7 Å². The number of hydrogen-bond donors (Lipinski definition) is 4. The molecule has 0 bridgehead atoms. The fraction of sp³-hybridized carbons (Fsp3) is 0.269. The SMILES string of the molecule is CN(CC(O)C(F)(F)F)C(=O)c1ccc(OCCO[Si](C)(c2ccccc2)c2ccccc2)cc1.CNCC(C)O.C[Si](OCCOc1ccc(C(=O)O)cc1)(c1ccccc1)c1ccccc1. The number of aliphatic hydroxyl groups is 2. The number of halogens is 3. The Kier molecular flexibility index (Phi) is 21.7. The first kappa shape index (κ1) is 54.5. The molecule has 2 atom stereocenters. The topological polar surface area (TPSA) is 147 Å². The number of nitrogens with zero attached hydrogens (tertiary/aromatic N) is 1. The van der Waals surface area contributed by atoms with E-state index in [-0.39, 0.29) is 23.8 Å². The molecule has 6 aromatic carbocycles. The zero-order valence-electron chi connectivity index (χ0n) is 38.9. The monoisotopic (exact) mass is 970 g/mol. The van der Waals surface area contributed by atoms with Gasteiger partial charge in [0.05, 0.1) is 31.4 Å². The van der Waals surface area contributed by atoms with E-state index in [9.17, 15) is 27.9 Å². The molecule has 6 rings (SSSR count). The number of carbonyl (C=O) groups is 2. The smallest absolute Gasteiger partial charge is 0.416 e. The van der Waals surface area contributed by atoms with Gasteiger partial charge in [-0.3, -0.25) is 4.79 Å². The van der Waals surface area contributed by atoms with E-state index >= 15 is 0 Å². The van der Waals surface area contributed by atoms with E-state index in [1.54, 1.807) is 31.2 Å². The molecule has 0 aliphatic carbocycles. The number of alkyl halides is 3. The Hall–Kier alpha value is -6.12. The van der Waals surface area contributed by atoms with Crippen LogP contribution in [0.3, 0.4) is 0 Å². The molecule has 2 unspecified atom stereocenters. The zero-order chi connectivity index (χ0) is 49.6. The van der Waals surface area contributed by atoms with Crippen molar-refractivity contribution in [3.8, 4) is 11.5 Å². The first-order chi connectivity index (χ1) is 32.5. The molecule has 0 fully saturated rings. The van der Waals surface area contributed by atoms with E-state index < -0.39 is 47.3 Å². The fourth-order valence-corrected chi connectivity index (χ4v) is 12.5. The minimum absolute atomic E-state index is 0.193. The quantitative estimate of drug-likeness (QED) is 0.0514. The van der Waals surface area contributed by atoms with E-state index in [4.69, 9.17) is 28.5 Å². The number of amides is 1. The minimum Gasteiger partial charge on any atom is -0.491 e. The molecule has 0 aliphatic rings. The average Bonchev–Trinajstić information content (AvgIpc) is 3.35. The van der Waals surface area contributed by atoms with Gasteiger partial charge < -0.3 is 43.9 Å². The molecule has 0 spiro atoms. The molecule has 0 heterocycles. The molecular weight excluding hydrogens is 910 g/mol. The standard InChI is InChI=1S/C26H28F3NO4Si.C22H22O4Si.C4H11NO/c1-30(19-24(31)26(27,28)29)25(32)20-13-15-21(16-14-20)33-17-18-34-35(2,22-9-5-3-6-10-22)23-11-7-4-8-12-23;1-27(20-8-4-2-5-9-20,21-10-6-3-7-11-21)26-17-16-25-19-14-12-18(13-15-19)22(23)24;1-4(6)3-5-2/h3-16,24,31H,17-19H2,1-2H3;2-15H,16-17H2,1H3,(H,23,24);4-6H,3H2,1-2H3. The molecule has 0 aliphatic heterocycles. The summed E-state index contributed by atoms with van der Waals surface area (Å²) in [7, 11) is -1.74. The maximum Gasteiger partial charge on any atom is 0.416 e. The van der Waals surface area contributed by atoms with Gasteiger partial charge in [0, 0.05) is 19.2 Å². The van der Waals surface area contributed by atoms with E-state index in [2.05, 4.69) is 66.9 Å². The van der Waals surface area contributed by atoms with Crippen LogP contribution in [0.4, 0.5) is 13.2 Å². The fourth-order valence-electron chi connectivity index (χ4n) is 6.85. The van der Waals surface area contributed by atoms with Crippen LogP contribution in [-0.4, -0.2) is 121 Å². The number of carboxylic acids is 1. The van der Waals surface area contributed by atoms with Gasteiger partial charge >= 0.3 is 12.1 Å². The van der Waals surface area contributed by atoms with Crippen molar-refractivity contribution in [2.24, 2.45) is 0 Å². The van der Waals surface area contributed by atoms with Gasteiger partial charge in [0.1, 0.15) is 24.7 Å². The summed E-state index contributed by atoms with van der Waals surface area (Å²) in [6.45, 7) is 7.41. The highest BCUT2D eigenvalue weighted by Crippen LogP contribution is 2.22. The highest BCUT2D eigenvalue weighted by molar-refractivity contribution is 6.97. The summed E-state index contributed by atoms with van der Waals surface area (Å²) < 4.78 is 61.9. The van der Waals surface area contributed by atoms with Crippen LogP contribution in [0, 0.1) is 0 Å². The molecule has 4 N–H and O–H groups in total. The lowest BCUT2D eigenvalue weighted by molar-refractivity contribution is -0.205. The summed E-state index contributed by atoms with van der Waals surface area (Å²) >= 11 is 0. The summed E-state index contributed by atoms with van der Waals surface area (Å²) in [5.41, 5.74) is 0.436. The molecule has 0 saturated carbocycles. The normalized spacial score (nSPS) is 12.3. The van der Waals surface area contributed by atoms with Crippen LogP contribution in [0.5, 0.6) is 11.5 Å². The van der Waals surface area contributed by atoms with Gasteiger partial charge in [0.15, 0.2) is 6.10 Å². The molecule has 11 nitrogen and oxygen atoms in total. The third kappa shape index (κ3) is 16.9. The predicted octanol–water partition coefficient (Wildman–Crippen LogP) is 6.22. The van der Waals surface area contributed by atoms with Crippen molar-refractivity contribution in [2.75, 3.05) is 53.6 Å². The van der Waals surface area contributed by atoms with Crippen LogP contribution in [0.2, 0.25) is 13.1 Å². The first-order valence-electron chi connectivity index (χ1n) is 22.0. The molecule has 16 heteroatoms. The van der Waals surface area contributed by atoms with Crippen molar-refractivity contribution in [1.29, 1.82) is 0 Å². The van der Waals surface area contributed by atoms with Crippen molar-refractivity contribution in [3.05, 3.63) is 181 Å². The Morgan fingerprint density at radius 2 is 0.926 bits per heavy atom. The Labute approximate surface area is 399 Å². The maximum absolute atomic E-state index is 12.5. The lowest BCUT2D eigenvalue weighted by Crippen LogP contribution is -2.58. The second kappa shape index (κ2) is 27.0. The molecule has 0 radical (unpaired) electrons. The van der Waals surface area contributed by atoms with Crippen molar-refractivity contribution in [3.63, 3.8) is 0 Å². The lowest BCUT2D eigenvalue weighted by Gasteiger charge is -2.28. The second-order valence-corrected chi connectivity index (χ2v) is 22.9. The highest BCUT2D eigenvalue weighted by Gasteiger charge is 2.39. The molecular formula is C52H61F3N2O9Si2. The van der Waals surface area contributed by atoms with Crippen LogP contribution in [-0.2, 0) is 8.85 Å². The van der Waals surface area contributed by atoms with Crippen molar-refractivity contribution in [1.82, 2.24) is 10.2 Å². The Bertz CT molecular complexity index is 2290. The molecule has 6 aromatic rings. The van der Waals surface area contributed by atoms with Gasteiger partial charge in [-0.15, -0.1) is 0 Å². The number of nitrogens with one attached hydrogen (secondary N) is 1. The number of carboxylic acid groups (broad SMARTS) is 1. The molecule has 0 saturated heterocycles. The number of hydrogen-bond acceptors (Lipinski definition) is 9. The first-order valence-corrected chi connectivity index (χ1v) is 26.8. The van der Waals surface area contributed by atoms with Crippen molar-refractivity contribution >= 4 is 49.3 Å². The number of aliphatic hydroxyl groups excluding tert-OH is 2. The van der Waals surface area contributed by atoms with Crippen molar-refractivity contribution < 1.29 is 56.4 Å². The van der Waals surface area contributed by atoms with Crippen LogP contribution in [0.25, 0.3) is 0 Å². The number of benzene rings is 6. The number of likely N-dealkylation sites (N-methyl/N-ethyl adjacent to an activating group) is 2. The summed E-state index contributed by atoms with van der Waals surface area (Å²) in [5, 5.41) is 34.1. The van der Waals surface area contributed by atoms with E-state index in [1.807, 2.05) is 79.8 Å². The third-order valence-electron chi connectivity index (χ3n) is 10.7. The molecule has 0 aromatic heterocycles. The lowest BCUT2D eigenvalue weighted by atomic mass is 10.2. The number of ether oxygens (including phenoxy) is 2. The Morgan fingerprint density at radius 1 is 0.588 bits per heavy atom. The minimum atomic E-state index is -4.78. The van der Waals surface area contributed by atoms with Gasteiger partial charge in [-0.2, -0.15) is 13.2 Å². The van der Waals surface area contributed by atoms with Crippen LogP contribution >= 0.6 is 0 Å². The number of rotatable bonds is 20. The summed E-state index contributed by atoms with van der Waals surface area (Å²) in [4.78, 5) is 24.1. The molecule has 68 heavy (non-hydrogen) atoms. The average molecular weight is 971 g/mol. The van der Waals surface area contributed by atoms with Crippen LogP contribution < -0.4 is 35.5 Å². The van der Waals surface area contributed by atoms with Crippen LogP contribution in [0.15, 0.2) is 170 Å². The van der Waals surface area contributed by atoms with E-state index in [0.29, 0.717) is 37.9 Å². The molecule has 362 valence electrons. The Balaban J connectivity index is 0.000000271. The van der Waals surface area contributed by atoms with Gasteiger partial charge in [0.2, 0.25) is 0 Å². The van der Waals surface area contributed by atoms with Gasteiger partial charge in [-0.05, 0) is 96.3 Å². The largest absolute Gasteiger partial charge is 0.491 e. The van der Waals surface area contributed by atoms with Gasteiger partial charge in [-0.25, -0.2) is 4.79 Å². The van der Waals surface area contributed by atoms with Gasteiger partial charge in [0.25, 0.3) is 22.5 Å². The summed E-state index contributed by atoms with van der Waals surface area (Å²) in [6, 6.07) is 53.3. The predicted molar refractivity (Wildman–Crippen MR) is 265 cm³/mol. The number of carbonyl (C=O) groups excluding carboxylic acids is 1. The van der Waals surface area contributed by atoms with Gasteiger partial charge in [-0.1, -0.05) is 121 Å². The van der Waals surface area contributed by atoms with Crippen molar-refractivity contribution in [2.45, 2.75) is 38.4 Å².